The molecule has 4 heterocycles. The minimum absolute atomic E-state index is 0.195. The number of aromatic nitrogens is 3. The Balaban J connectivity index is 1.19. The van der Waals surface area contributed by atoms with Gasteiger partial charge in [0, 0.05) is 63.2 Å². The molecular weight excluding hydrogens is 742 g/mol. The molecule has 0 fully saturated rings. The summed E-state index contributed by atoms with van der Waals surface area (Å²) in [5, 5.41) is 24.3. The third-order valence-corrected chi connectivity index (χ3v) is 8.93. The van der Waals surface area contributed by atoms with Crippen molar-refractivity contribution in [1.29, 1.82) is 5.41 Å². The van der Waals surface area contributed by atoms with Crippen LogP contribution in [0.4, 0.5) is 22.7 Å². The van der Waals surface area contributed by atoms with E-state index in [0.717, 1.165) is 10.1 Å². The van der Waals surface area contributed by atoms with Gasteiger partial charge in [0.1, 0.15) is 17.1 Å². The number of aryl methyl sites for hydroxylation is 3. The number of fused-ring (bicyclic) bond motifs is 1. The van der Waals surface area contributed by atoms with Gasteiger partial charge in [0.25, 0.3) is 29.5 Å². The number of anilines is 4. The molecule has 264 valence electrons. The number of carbonyl (C=O) groups is 5. The van der Waals surface area contributed by atoms with E-state index in [-0.39, 0.29) is 52.6 Å². The van der Waals surface area contributed by atoms with Gasteiger partial charge in [-0.15, -0.1) is 11.3 Å². The highest BCUT2D eigenvalue weighted by Crippen LogP contribution is 2.29. The molecule has 0 unspecified atom stereocenters. The lowest BCUT2D eigenvalue weighted by atomic mass is 10.2. The zero-order chi connectivity index (χ0) is 37.0. The highest BCUT2D eigenvalue weighted by atomic mass is 79.9. The highest BCUT2D eigenvalue weighted by Gasteiger charge is 2.20. The van der Waals surface area contributed by atoms with Crippen LogP contribution in [-0.2, 0) is 25.9 Å². The van der Waals surface area contributed by atoms with Gasteiger partial charge in [0.05, 0.1) is 26.4 Å². The second kappa shape index (κ2) is 15.2. The van der Waals surface area contributed by atoms with Gasteiger partial charge in [-0.05, 0) is 63.8 Å². The fourth-order valence-electron chi connectivity index (χ4n) is 5.05. The lowest BCUT2D eigenvalue weighted by Crippen LogP contribution is -2.38. The Hall–Kier alpha value is -6.14. The van der Waals surface area contributed by atoms with Crippen molar-refractivity contribution >= 4 is 95.6 Å². The molecule has 0 bridgehead atoms. The number of benzene rings is 1. The molecule has 4 aromatic heterocycles. The molecule has 0 atom stereocenters. The van der Waals surface area contributed by atoms with Crippen molar-refractivity contribution in [2.75, 3.05) is 34.4 Å². The number of amides is 5. The predicted octanol–water partition coefficient (Wildman–Crippen LogP) is 3.73. The lowest BCUT2D eigenvalue weighted by Gasteiger charge is -2.06. The van der Waals surface area contributed by atoms with Crippen LogP contribution >= 0.6 is 27.3 Å². The zero-order valence-corrected chi connectivity index (χ0v) is 30.0. The van der Waals surface area contributed by atoms with Crippen molar-refractivity contribution in [1.82, 2.24) is 24.3 Å². The first-order valence-electron chi connectivity index (χ1n) is 15.2. The van der Waals surface area contributed by atoms with Gasteiger partial charge in [-0.25, -0.2) is 0 Å². The Morgan fingerprint density at radius 2 is 1.20 bits per heavy atom. The maximum absolute atomic E-state index is 13.2. The summed E-state index contributed by atoms with van der Waals surface area (Å²) in [5.41, 5.74) is 7.80. The van der Waals surface area contributed by atoms with Crippen LogP contribution in [0.1, 0.15) is 41.1 Å². The van der Waals surface area contributed by atoms with E-state index >= 15 is 0 Å². The van der Waals surface area contributed by atoms with Gasteiger partial charge in [0.15, 0.2) is 5.96 Å². The third-order valence-electron chi connectivity index (χ3n) is 7.46. The first-order chi connectivity index (χ1) is 24.2. The molecule has 5 rings (SSSR count). The van der Waals surface area contributed by atoms with Crippen LogP contribution in [0.25, 0.3) is 10.1 Å². The summed E-state index contributed by atoms with van der Waals surface area (Å²) in [6.45, 7) is 4.09. The number of rotatable bonds is 12. The summed E-state index contributed by atoms with van der Waals surface area (Å²) < 4.78 is 5.75. The van der Waals surface area contributed by atoms with E-state index < -0.39 is 11.8 Å². The maximum Gasteiger partial charge on any atom is 0.272 e. The number of nitrogens with two attached hydrogens (primary N) is 1. The number of nitrogens with one attached hydrogen (secondary N) is 7. The fraction of sp³-hybridized carbons (Fsp3) is 0.152. The van der Waals surface area contributed by atoms with E-state index in [1.165, 1.54) is 23.5 Å². The number of guanidine groups is 1. The molecular formula is C33H34BrN11O5S. The maximum atomic E-state index is 13.2. The lowest BCUT2D eigenvalue weighted by molar-refractivity contribution is -0.112. The second-order valence-electron chi connectivity index (χ2n) is 11.4. The van der Waals surface area contributed by atoms with Gasteiger partial charge < -0.3 is 51.3 Å². The molecule has 51 heavy (non-hydrogen) atoms. The Morgan fingerprint density at radius 1 is 0.706 bits per heavy atom. The number of carbonyl (C=O) groups excluding carboxylic acids is 5. The van der Waals surface area contributed by atoms with Crippen molar-refractivity contribution in [3.8, 4) is 0 Å². The largest absolute Gasteiger partial charge is 0.370 e. The van der Waals surface area contributed by atoms with E-state index in [1.807, 2.05) is 6.07 Å². The number of thiophene rings is 1. The standard InChI is InChI=1S/C33H34BrN11O5S/c1-17(34)28(46)39-19-5-6-26-18(9-19)10-27(51-26)32(50)42-22-13-25(45(4)16-22)31(49)41-21-12-24(44(3)15-21)30(48)40-20-11-23(43(2)14-20)29(47)37-7-8-38-33(35)36/h5-6,9-16H,1,7-8H2,2-4H3,(H,37,47)(H,39,46)(H,40,48)(H,41,49)(H,42,50)(H4,35,36,38). The molecule has 0 radical (unpaired) electrons. The van der Waals surface area contributed by atoms with Gasteiger partial charge >= 0.3 is 0 Å². The molecule has 0 spiro atoms. The van der Waals surface area contributed by atoms with Crippen molar-refractivity contribution < 1.29 is 24.0 Å². The van der Waals surface area contributed by atoms with Crippen LogP contribution in [0.15, 0.2) is 72.1 Å². The number of hydrogen-bond donors (Lipinski definition) is 8. The van der Waals surface area contributed by atoms with E-state index in [0.29, 0.717) is 33.3 Å². The van der Waals surface area contributed by atoms with Crippen molar-refractivity contribution in [3.63, 3.8) is 0 Å². The van der Waals surface area contributed by atoms with E-state index in [2.05, 4.69) is 54.4 Å². The van der Waals surface area contributed by atoms with Crippen LogP contribution < -0.4 is 37.6 Å². The topological polar surface area (TPSA) is 222 Å². The molecule has 0 aliphatic rings. The average Bonchev–Trinajstić information content (AvgIpc) is 3.84. The molecule has 5 amide bonds. The number of hydrogen-bond acceptors (Lipinski definition) is 7. The molecule has 16 nitrogen and oxygen atoms in total. The summed E-state index contributed by atoms with van der Waals surface area (Å²) in [6, 6.07) is 11.6. The van der Waals surface area contributed by atoms with E-state index in [1.54, 1.807) is 77.7 Å². The normalized spacial score (nSPS) is 10.7. The molecule has 0 aliphatic carbocycles. The Morgan fingerprint density at radius 3 is 1.71 bits per heavy atom. The van der Waals surface area contributed by atoms with Gasteiger partial charge in [-0.3, -0.25) is 29.4 Å². The SMILES string of the molecule is C=C(Br)C(=O)Nc1ccc2sc(C(=O)Nc3cc(C(=O)Nc4cc(C(=O)Nc5cc(C(=O)NCCNC(=N)N)n(C)c5)n(C)c4)n(C)c3)cc2c1. The quantitative estimate of drug-likeness (QED) is 0.0406. The summed E-state index contributed by atoms with van der Waals surface area (Å²) in [7, 11) is 5.00. The molecule has 1 aromatic carbocycles. The molecule has 0 saturated heterocycles. The molecule has 0 saturated carbocycles. The first kappa shape index (κ1) is 36.1. The number of nitrogens with zero attached hydrogens (tertiary/aromatic N) is 3. The minimum Gasteiger partial charge on any atom is -0.370 e. The van der Waals surface area contributed by atoms with Crippen molar-refractivity contribution in [3.05, 3.63) is 94.1 Å². The van der Waals surface area contributed by atoms with Gasteiger partial charge in [0.2, 0.25) is 0 Å². The van der Waals surface area contributed by atoms with Gasteiger partial charge in [-0.1, -0.05) is 6.58 Å². The monoisotopic (exact) mass is 775 g/mol. The van der Waals surface area contributed by atoms with Crippen LogP contribution in [-0.4, -0.2) is 62.3 Å². The molecule has 9 N–H and O–H groups in total. The summed E-state index contributed by atoms with van der Waals surface area (Å²) >= 11 is 4.34. The molecule has 0 aliphatic heterocycles. The van der Waals surface area contributed by atoms with Crippen molar-refractivity contribution in [2.24, 2.45) is 26.9 Å². The third kappa shape index (κ3) is 8.72. The van der Waals surface area contributed by atoms with Gasteiger partial charge in [-0.2, -0.15) is 0 Å². The fourth-order valence-corrected chi connectivity index (χ4v) is 6.09. The smallest absolute Gasteiger partial charge is 0.272 e. The Bertz CT molecular complexity index is 2230. The number of halogens is 1. The Kier molecular flexibility index (Phi) is 10.8. The van der Waals surface area contributed by atoms with Crippen LogP contribution in [0.2, 0.25) is 0 Å². The van der Waals surface area contributed by atoms with Crippen LogP contribution in [0, 0.1) is 5.41 Å². The van der Waals surface area contributed by atoms with E-state index in [9.17, 15) is 24.0 Å². The highest BCUT2D eigenvalue weighted by molar-refractivity contribution is 9.12. The van der Waals surface area contributed by atoms with Crippen LogP contribution in [0.5, 0.6) is 0 Å². The van der Waals surface area contributed by atoms with Crippen molar-refractivity contribution in [2.45, 2.75) is 0 Å². The minimum atomic E-state index is -0.463. The second-order valence-corrected chi connectivity index (χ2v) is 13.4. The zero-order valence-electron chi connectivity index (χ0n) is 27.6. The average molecular weight is 777 g/mol. The first-order valence-corrected chi connectivity index (χ1v) is 16.8. The summed E-state index contributed by atoms with van der Waals surface area (Å²) in [4.78, 5) is 64.4. The summed E-state index contributed by atoms with van der Waals surface area (Å²) in [6.07, 6.45) is 4.80. The summed E-state index contributed by atoms with van der Waals surface area (Å²) in [5.74, 6) is -2.22. The van der Waals surface area contributed by atoms with Crippen LogP contribution in [0.3, 0.4) is 0 Å². The molecule has 18 heteroatoms. The molecule has 5 aromatic rings. The Labute approximate surface area is 303 Å². The van der Waals surface area contributed by atoms with E-state index in [4.69, 9.17) is 11.1 Å². The predicted molar refractivity (Wildman–Crippen MR) is 201 cm³/mol.